The van der Waals surface area contributed by atoms with E-state index >= 15 is 0 Å². The first-order valence-electron chi connectivity index (χ1n) is 6.93. The third-order valence-corrected chi connectivity index (χ3v) is 2.97. The van der Waals surface area contributed by atoms with Gasteiger partial charge in [0.25, 0.3) is 0 Å². The van der Waals surface area contributed by atoms with Crippen LogP contribution in [0.2, 0.25) is 0 Å². The van der Waals surface area contributed by atoms with E-state index in [9.17, 15) is 9.59 Å². The van der Waals surface area contributed by atoms with Crippen LogP contribution in [-0.4, -0.2) is 25.6 Å². The molecule has 3 amide bonds. The quantitative estimate of drug-likeness (QED) is 0.679. The van der Waals surface area contributed by atoms with Gasteiger partial charge < -0.3 is 26.4 Å². The fourth-order valence-electron chi connectivity index (χ4n) is 1.87. The fraction of sp³-hybridized carbons (Fsp3) is 0.125. The molecule has 7 heteroatoms. The van der Waals surface area contributed by atoms with Crippen molar-refractivity contribution in [2.24, 2.45) is 5.73 Å². The van der Waals surface area contributed by atoms with Crippen molar-refractivity contribution in [3.8, 4) is 5.75 Å². The van der Waals surface area contributed by atoms with Crippen molar-refractivity contribution in [2.75, 3.05) is 29.6 Å². The highest BCUT2D eigenvalue weighted by atomic mass is 16.5. The summed E-state index contributed by atoms with van der Waals surface area (Å²) in [6.45, 7) is -0.160. The molecule has 23 heavy (non-hydrogen) atoms. The number of nitrogens with one attached hydrogen (secondary N) is 3. The molecule has 0 fully saturated rings. The minimum atomic E-state index is -0.426. The molecule has 0 saturated heterocycles. The zero-order chi connectivity index (χ0) is 16.7. The van der Waals surface area contributed by atoms with Crippen LogP contribution >= 0.6 is 0 Å². The summed E-state index contributed by atoms with van der Waals surface area (Å²) in [6.07, 6.45) is 0. The molecule has 0 aliphatic carbocycles. The first kappa shape index (κ1) is 16.3. The van der Waals surface area contributed by atoms with Gasteiger partial charge in [0.2, 0.25) is 5.91 Å². The van der Waals surface area contributed by atoms with Crippen LogP contribution in [0, 0.1) is 0 Å². The van der Waals surface area contributed by atoms with E-state index < -0.39 is 6.03 Å². The summed E-state index contributed by atoms with van der Waals surface area (Å²) in [6, 6.07) is 13.5. The Hall–Kier alpha value is -3.06. The third kappa shape index (κ3) is 4.72. The SMILES string of the molecule is COc1ccc(NC(=O)Nc2ccccc2)c(NC(=O)CN)c1. The maximum absolute atomic E-state index is 12.1. The van der Waals surface area contributed by atoms with Gasteiger partial charge in [-0.3, -0.25) is 4.79 Å². The van der Waals surface area contributed by atoms with E-state index in [1.54, 1.807) is 30.3 Å². The summed E-state index contributed by atoms with van der Waals surface area (Å²) in [5, 5.41) is 7.99. The highest BCUT2D eigenvalue weighted by Crippen LogP contribution is 2.27. The Kier molecular flexibility index (Phi) is 5.54. The lowest BCUT2D eigenvalue weighted by molar-refractivity contribution is -0.114. The molecule has 0 spiro atoms. The lowest BCUT2D eigenvalue weighted by Gasteiger charge is -2.14. The summed E-state index contributed by atoms with van der Waals surface area (Å²) in [5.74, 6) is 0.177. The smallest absolute Gasteiger partial charge is 0.323 e. The van der Waals surface area contributed by atoms with E-state index in [1.165, 1.54) is 7.11 Å². The van der Waals surface area contributed by atoms with Crippen LogP contribution in [0.5, 0.6) is 5.75 Å². The number of para-hydroxylation sites is 1. The molecular weight excluding hydrogens is 296 g/mol. The maximum atomic E-state index is 12.1. The van der Waals surface area contributed by atoms with E-state index in [0.717, 1.165) is 0 Å². The molecular formula is C16H18N4O3. The lowest BCUT2D eigenvalue weighted by Crippen LogP contribution is -2.24. The van der Waals surface area contributed by atoms with Crippen LogP contribution in [0.25, 0.3) is 0 Å². The predicted octanol–water partition coefficient (Wildman–Crippen LogP) is 2.24. The van der Waals surface area contributed by atoms with Crippen LogP contribution < -0.4 is 26.4 Å². The van der Waals surface area contributed by atoms with Crippen LogP contribution in [0.3, 0.4) is 0 Å². The molecule has 0 aliphatic rings. The van der Waals surface area contributed by atoms with E-state index in [0.29, 0.717) is 22.8 Å². The number of hydrogen-bond acceptors (Lipinski definition) is 4. The number of carbonyl (C=O) groups is 2. The summed E-state index contributed by atoms with van der Waals surface area (Å²) in [7, 11) is 1.51. The minimum Gasteiger partial charge on any atom is -0.497 e. The van der Waals surface area contributed by atoms with Gasteiger partial charge in [0.05, 0.1) is 25.0 Å². The Balaban J connectivity index is 2.14. The first-order chi connectivity index (χ1) is 11.1. The van der Waals surface area contributed by atoms with E-state index in [2.05, 4.69) is 16.0 Å². The Bertz CT molecular complexity index is 689. The molecule has 0 heterocycles. The molecule has 5 N–H and O–H groups in total. The van der Waals surface area contributed by atoms with Crippen molar-refractivity contribution in [3.05, 3.63) is 48.5 Å². The molecule has 7 nitrogen and oxygen atoms in total. The van der Waals surface area contributed by atoms with Crippen LogP contribution in [0.15, 0.2) is 48.5 Å². The van der Waals surface area contributed by atoms with E-state index in [4.69, 9.17) is 10.5 Å². The maximum Gasteiger partial charge on any atom is 0.323 e. The average molecular weight is 314 g/mol. The van der Waals surface area contributed by atoms with Gasteiger partial charge in [0.1, 0.15) is 5.75 Å². The van der Waals surface area contributed by atoms with Gasteiger partial charge in [-0.2, -0.15) is 0 Å². The van der Waals surface area contributed by atoms with Crippen molar-refractivity contribution >= 4 is 29.0 Å². The van der Waals surface area contributed by atoms with Crippen molar-refractivity contribution in [2.45, 2.75) is 0 Å². The first-order valence-corrected chi connectivity index (χ1v) is 6.93. The van der Waals surface area contributed by atoms with Gasteiger partial charge in [0, 0.05) is 11.8 Å². The molecule has 0 aliphatic heterocycles. The predicted molar refractivity (Wildman–Crippen MR) is 89.8 cm³/mol. The standard InChI is InChI=1S/C16H18N4O3/c1-23-12-7-8-13(14(9-12)19-15(21)10-17)20-16(22)18-11-5-3-2-4-6-11/h2-9H,10,17H2,1H3,(H,19,21)(H2,18,20,22). The summed E-state index contributed by atoms with van der Waals surface area (Å²) in [5.41, 5.74) is 6.80. The number of amides is 3. The monoisotopic (exact) mass is 314 g/mol. The highest BCUT2D eigenvalue weighted by molar-refractivity contribution is 6.04. The van der Waals surface area contributed by atoms with Crippen LogP contribution in [0.4, 0.5) is 21.9 Å². The molecule has 0 atom stereocenters. The lowest BCUT2D eigenvalue weighted by atomic mass is 10.2. The number of benzene rings is 2. The normalized spacial score (nSPS) is 9.83. The molecule has 0 unspecified atom stereocenters. The van der Waals surface area contributed by atoms with Gasteiger partial charge in [0.15, 0.2) is 0 Å². The Morgan fingerprint density at radius 3 is 2.39 bits per heavy atom. The molecule has 0 aromatic heterocycles. The number of anilines is 3. The van der Waals surface area contributed by atoms with Crippen molar-refractivity contribution < 1.29 is 14.3 Å². The molecule has 0 bridgehead atoms. The summed E-state index contributed by atoms with van der Waals surface area (Å²) >= 11 is 0. The van der Waals surface area contributed by atoms with Crippen LogP contribution in [-0.2, 0) is 4.79 Å². The molecule has 2 rings (SSSR count). The number of methoxy groups -OCH3 is 1. The van der Waals surface area contributed by atoms with Gasteiger partial charge >= 0.3 is 6.03 Å². The average Bonchev–Trinajstić information content (AvgIpc) is 2.57. The van der Waals surface area contributed by atoms with Gasteiger partial charge in [-0.15, -0.1) is 0 Å². The highest BCUT2D eigenvalue weighted by Gasteiger charge is 2.10. The summed E-state index contributed by atoms with van der Waals surface area (Å²) in [4.78, 5) is 23.6. The number of nitrogens with two attached hydrogens (primary N) is 1. The zero-order valence-electron chi connectivity index (χ0n) is 12.6. The minimum absolute atomic E-state index is 0.160. The number of carbonyl (C=O) groups excluding carboxylic acids is 2. The number of hydrogen-bond donors (Lipinski definition) is 4. The molecule has 0 saturated carbocycles. The van der Waals surface area contributed by atoms with Gasteiger partial charge in [-0.1, -0.05) is 18.2 Å². The topological polar surface area (TPSA) is 105 Å². The molecule has 2 aromatic carbocycles. The second kappa shape index (κ2) is 7.81. The second-order valence-corrected chi connectivity index (χ2v) is 4.61. The van der Waals surface area contributed by atoms with Crippen molar-refractivity contribution in [1.82, 2.24) is 0 Å². The van der Waals surface area contributed by atoms with Crippen molar-refractivity contribution in [1.29, 1.82) is 0 Å². The van der Waals surface area contributed by atoms with Gasteiger partial charge in [-0.05, 0) is 24.3 Å². The van der Waals surface area contributed by atoms with Crippen LogP contribution in [0.1, 0.15) is 0 Å². The molecule has 2 aromatic rings. The fourth-order valence-corrected chi connectivity index (χ4v) is 1.87. The molecule has 0 radical (unpaired) electrons. The van der Waals surface area contributed by atoms with Gasteiger partial charge in [-0.25, -0.2) is 4.79 Å². The Morgan fingerprint density at radius 2 is 1.74 bits per heavy atom. The Labute approximate surface area is 133 Å². The van der Waals surface area contributed by atoms with E-state index in [1.807, 2.05) is 18.2 Å². The number of rotatable bonds is 5. The van der Waals surface area contributed by atoms with Crippen molar-refractivity contribution in [3.63, 3.8) is 0 Å². The zero-order valence-corrected chi connectivity index (χ0v) is 12.6. The number of urea groups is 1. The Morgan fingerprint density at radius 1 is 1.00 bits per heavy atom. The number of ether oxygens (including phenoxy) is 1. The molecule has 120 valence electrons. The third-order valence-electron chi connectivity index (χ3n) is 2.97. The van der Waals surface area contributed by atoms with E-state index in [-0.39, 0.29) is 12.5 Å². The summed E-state index contributed by atoms with van der Waals surface area (Å²) < 4.78 is 5.11. The largest absolute Gasteiger partial charge is 0.497 e. The second-order valence-electron chi connectivity index (χ2n) is 4.61.